The predicted octanol–water partition coefficient (Wildman–Crippen LogP) is 3.14. The summed E-state index contributed by atoms with van der Waals surface area (Å²) in [7, 11) is 0. The number of rotatable bonds is 1. The molecule has 0 bridgehead atoms. The number of hydrogen-bond donors (Lipinski definition) is 3. The van der Waals surface area contributed by atoms with Gasteiger partial charge in [0.15, 0.2) is 5.82 Å². The van der Waals surface area contributed by atoms with Gasteiger partial charge in [-0.15, -0.1) is 11.8 Å². The van der Waals surface area contributed by atoms with Gasteiger partial charge in [0.25, 0.3) is 12.9 Å². The molecule has 4 rings (SSSR count). The van der Waals surface area contributed by atoms with Crippen LogP contribution in [-0.4, -0.2) is 50.5 Å². The van der Waals surface area contributed by atoms with E-state index in [1.807, 2.05) is 18.3 Å². The van der Waals surface area contributed by atoms with Crippen LogP contribution in [-0.2, 0) is 15.1 Å². The Morgan fingerprint density at radius 1 is 1.26 bits per heavy atom. The van der Waals surface area contributed by atoms with Gasteiger partial charge in [-0.05, 0) is 24.6 Å². The van der Waals surface area contributed by atoms with Crippen LogP contribution in [0.4, 0.5) is 0 Å². The first-order chi connectivity index (χ1) is 13.1. The first kappa shape index (κ1) is 21.0. The number of H-pyrrole nitrogens is 1. The molecule has 0 fully saturated rings. The Bertz CT molecular complexity index is 794. The van der Waals surface area contributed by atoms with E-state index in [0.29, 0.717) is 6.61 Å². The van der Waals surface area contributed by atoms with Gasteiger partial charge in [-0.25, -0.2) is 4.98 Å². The summed E-state index contributed by atoms with van der Waals surface area (Å²) in [6.07, 6.45) is 5.57. The highest BCUT2D eigenvalue weighted by atomic mass is 79.9. The highest BCUT2D eigenvalue weighted by Crippen LogP contribution is 2.47. The van der Waals surface area contributed by atoms with Crippen LogP contribution >= 0.6 is 27.7 Å². The predicted molar refractivity (Wildman–Crippen MR) is 106 cm³/mol. The van der Waals surface area contributed by atoms with Crippen molar-refractivity contribution in [2.75, 3.05) is 12.4 Å². The molecule has 0 radical (unpaired) electrons. The standard InChI is InChI=1S/C15H14BrN3OS.2CH2O2/c16-10-1-2-12-11(9-10)15(3-7-20-12)4-8-21-14(19-15)13-17-5-6-18-13;2*2-1-3/h1-2,5-6,9H,3-4,7-8H2,(H,17,18);2*1H,(H,2,3). The van der Waals surface area contributed by atoms with Gasteiger partial charge in [-0.3, -0.25) is 14.6 Å². The van der Waals surface area contributed by atoms with E-state index in [2.05, 4.69) is 32.0 Å². The first-order valence-corrected chi connectivity index (χ1v) is 9.69. The topological polar surface area (TPSA) is 125 Å². The number of aromatic nitrogens is 2. The molecule has 0 aliphatic carbocycles. The molecule has 0 saturated heterocycles. The summed E-state index contributed by atoms with van der Waals surface area (Å²) in [5, 5.41) is 14.8. The Hall–Kier alpha value is -2.33. The molecule has 0 saturated carbocycles. The van der Waals surface area contributed by atoms with Crippen LogP contribution < -0.4 is 4.74 Å². The number of thioether (sulfide) groups is 1. The lowest BCUT2D eigenvalue weighted by Crippen LogP contribution is -2.35. The molecular weight excluding hydrogens is 438 g/mol. The minimum absolute atomic E-state index is 0.176. The summed E-state index contributed by atoms with van der Waals surface area (Å²) in [5.41, 5.74) is 1.01. The van der Waals surface area contributed by atoms with E-state index in [9.17, 15) is 0 Å². The maximum atomic E-state index is 8.36. The molecule has 27 heavy (non-hydrogen) atoms. The Morgan fingerprint density at radius 3 is 2.67 bits per heavy atom. The van der Waals surface area contributed by atoms with Gasteiger partial charge >= 0.3 is 0 Å². The van der Waals surface area contributed by atoms with Crippen LogP contribution in [0, 0.1) is 0 Å². The number of carbonyl (C=O) groups is 2. The van der Waals surface area contributed by atoms with Crippen LogP contribution in [0.15, 0.2) is 40.1 Å². The summed E-state index contributed by atoms with van der Waals surface area (Å²) in [6.45, 7) is 0.217. The van der Waals surface area contributed by atoms with Crippen molar-refractivity contribution in [1.82, 2.24) is 9.97 Å². The second kappa shape index (κ2) is 10.1. The molecule has 144 valence electrons. The summed E-state index contributed by atoms with van der Waals surface area (Å²) in [5.74, 6) is 2.87. The third-order valence-corrected chi connectivity index (χ3v) is 5.45. The van der Waals surface area contributed by atoms with Crippen molar-refractivity contribution < 1.29 is 24.5 Å². The highest BCUT2D eigenvalue weighted by molar-refractivity contribution is 9.10. The fourth-order valence-corrected chi connectivity index (χ4v) is 4.42. The van der Waals surface area contributed by atoms with Crippen LogP contribution in [0.1, 0.15) is 24.2 Å². The number of hydrogen-bond acceptors (Lipinski definition) is 6. The van der Waals surface area contributed by atoms with Crippen LogP contribution in [0.3, 0.4) is 0 Å². The van der Waals surface area contributed by atoms with E-state index in [1.54, 1.807) is 18.0 Å². The van der Waals surface area contributed by atoms with Crippen molar-refractivity contribution in [1.29, 1.82) is 0 Å². The molecule has 1 atom stereocenters. The third kappa shape index (κ3) is 5.10. The van der Waals surface area contributed by atoms with Gasteiger partial charge in [0, 0.05) is 34.6 Å². The van der Waals surface area contributed by atoms with Gasteiger partial charge in [-0.2, -0.15) is 0 Å². The third-order valence-electron chi connectivity index (χ3n) is 3.99. The molecule has 10 heteroatoms. The summed E-state index contributed by atoms with van der Waals surface area (Å²) < 4.78 is 6.88. The van der Waals surface area contributed by atoms with Crippen LogP contribution in [0.2, 0.25) is 0 Å². The smallest absolute Gasteiger partial charge is 0.290 e. The van der Waals surface area contributed by atoms with Crippen LogP contribution in [0.25, 0.3) is 0 Å². The molecule has 2 aromatic rings. The van der Waals surface area contributed by atoms with E-state index < -0.39 is 0 Å². The van der Waals surface area contributed by atoms with Gasteiger partial charge in [0.1, 0.15) is 10.8 Å². The molecule has 0 amide bonds. The Morgan fingerprint density at radius 2 is 2.00 bits per heavy atom. The minimum Gasteiger partial charge on any atom is -0.493 e. The van der Waals surface area contributed by atoms with E-state index in [0.717, 1.165) is 39.7 Å². The number of aliphatic imine (C=N–C) groups is 1. The molecule has 2 aliphatic rings. The molecule has 3 N–H and O–H groups in total. The van der Waals surface area contributed by atoms with Crippen molar-refractivity contribution in [3.05, 3.63) is 46.5 Å². The normalized spacial score (nSPS) is 19.8. The van der Waals surface area contributed by atoms with Gasteiger partial charge in [0.2, 0.25) is 0 Å². The fourth-order valence-electron chi connectivity index (χ4n) is 2.93. The molecule has 1 aromatic heterocycles. The van der Waals surface area contributed by atoms with E-state index in [-0.39, 0.29) is 18.5 Å². The average molecular weight is 456 g/mol. The van der Waals surface area contributed by atoms with E-state index >= 15 is 0 Å². The lowest BCUT2D eigenvalue weighted by Gasteiger charge is -2.38. The number of fused-ring (bicyclic) bond motifs is 2. The quantitative estimate of drug-likeness (QED) is 0.563. The number of aromatic amines is 1. The van der Waals surface area contributed by atoms with Crippen molar-refractivity contribution in [3.63, 3.8) is 0 Å². The van der Waals surface area contributed by atoms with Crippen molar-refractivity contribution >= 4 is 45.7 Å². The first-order valence-electron chi connectivity index (χ1n) is 7.91. The van der Waals surface area contributed by atoms with Crippen molar-refractivity contribution in [2.45, 2.75) is 18.4 Å². The summed E-state index contributed by atoms with van der Waals surface area (Å²) in [6, 6.07) is 6.20. The minimum atomic E-state index is -0.250. The Kier molecular flexibility index (Phi) is 7.86. The number of halogens is 1. The van der Waals surface area contributed by atoms with Crippen LogP contribution in [0.5, 0.6) is 5.75 Å². The zero-order valence-electron chi connectivity index (χ0n) is 14.2. The molecule has 3 heterocycles. The van der Waals surface area contributed by atoms with Crippen molar-refractivity contribution in [3.8, 4) is 5.75 Å². The monoisotopic (exact) mass is 455 g/mol. The molecule has 2 aliphatic heterocycles. The van der Waals surface area contributed by atoms with E-state index in [4.69, 9.17) is 29.5 Å². The Labute approximate surface area is 168 Å². The number of nitrogens with one attached hydrogen (secondary N) is 1. The average Bonchev–Trinajstić information content (AvgIpc) is 3.19. The molecule has 1 unspecified atom stereocenters. The SMILES string of the molecule is Brc1ccc2c(c1)C1(CCO2)CCSC(c2ncc[nH]2)=N1.O=CO.O=CO. The molecule has 8 nitrogen and oxygen atoms in total. The number of nitrogens with zero attached hydrogens (tertiary/aromatic N) is 2. The summed E-state index contributed by atoms with van der Waals surface area (Å²) >= 11 is 5.34. The zero-order chi connectivity index (χ0) is 19.7. The van der Waals surface area contributed by atoms with E-state index in [1.165, 1.54) is 5.56 Å². The van der Waals surface area contributed by atoms with Gasteiger partial charge < -0.3 is 19.9 Å². The van der Waals surface area contributed by atoms with Gasteiger partial charge in [0.05, 0.1) is 12.1 Å². The fraction of sp³-hybridized carbons (Fsp3) is 0.294. The highest BCUT2D eigenvalue weighted by Gasteiger charge is 2.40. The number of imidazole rings is 1. The van der Waals surface area contributed by atoms with Gasteiger partial charge in [-0.1, -0.05) is 15.9 Å². The maximum Gasteiger partial charge on any atom is 0.290 e. The number of carboxylic acid groups (broad SMARTS) is 2. The molecular formula is C17H18BrN3O5S. The summed E-state index contributed by atoms with van der Waals surface area (Å²) in [4.78, 5) is 29.3. The second-order valence-corrected chi connectivity index (χ2v) is 7.43. The zero-order valence-corrected chi connectivity index (χ0v) is 16.6. The number of ether oxygens (including phenoxy) is 1. The Balaban J connectivity index is 0.000000389. The second-order valence-electron chi connectivity index (χ2n) is 5.43. The molecule has 1 spiro atoms. The lowest BCUT2D eigenvalue weighted by molar-refractivity contribution is -0.123. The molecule has 1 aromatic carbocycles. The van der Waals surface area contributed by atoms with Crippen molar-refractivity contribution in [2.24, 2.45) is 4.99 Å². The maximum absolute atomic E-state index is 8.36. The lowest BCUT2D eigenvalue weighted by atomic mass is 9.82. The number of benzene rings is 1. The largest absolute Gasteiger partial charge is 0.493 e.